The summed E-state index contributed by atoms with van der Waals surface area (Å²) >= 11 is 0. The quantitative estimate of drug-likeness (QED) is 0.874. The van der Waals surface area contributed by atoms with E-state index in [4.69, 9.17) is 0 Å². The summed E-state index contributed by atoms with van der Waals surface area (Å²) in [7, 11) is -3.33. The molecule has 0 saturated heterocycles. The fourth-order valence-electron chi connectivity index (χ4n) is 2.70. The van der Waals surface area contributed by atoms with Gasteiger partial charge in [-0.2, -0.15) is 0 Å². The monoisotopic (exact) mass is 334 g/mol. The molecule has 2 aromatic carbocycles. The van der Waals surface area contributed by atoms with E-state index >= 15 is 0 Å². The van der Waals surface area contributed by atoms with E-state index in [2.05, 4.69) is 10.0 Å². The summed E-state index contributed by atoms with van der Waals surface area (Å²) in [5.74, 6) is -0.0369. The minimum atomic E-state index is -3.33. The lowest BCUT2D eigenvalue weighted by Crippen LogP contribution is -2.35. The third-order valence-electron chi connectivity index (χ3n) is 3.55. The number of benzene rings is 2. The zero-order valence-corrected chi connectivity index (χ0v) is 13.4. The maximum Gasteiger partial charge on any atom is 0.229 e. The molecule has 0 spiro atoms. The van der Waals surface area contributed by atoms with Crippen LogP contribution in [-0.4, -0.2) is 26.1 Å². The standard InChI is InChI=1S/C16H16N2O3S.H2O/c1-22(20,21)18-13-7-4-6-12(9-13)16-14-8-3-2-5-11(14)10-15(19)17-16;/h2-9,16,18H,10H2,1H3,(H,17,19);1H2. The molecular weight excluding hydrogens is 316 g/mol. The molecule has 0 saturated carbocycles. The molecule has 122 valence electrons. The van der Waals surface area contributed by atoms with Crippen LogP contribution in [0.25, 0.3) is 0 Å². The third-order valence-corrected chi connectivity index (χ3v) is 4.15. The Morgan fingerprint density at radius 1 is 1.13 bits per heavy atom. The molecule has 1 atom stereocenters. The van der Waals surface area contributed by atoms with Crippen molar-refractivity contribution in [3.8, 4) is 0 Å². The van der Waals surface area contributed by atoms with Gasteiger partial charge in [0.15, 0.2) is 0 Å². The van der Waals surface area contributed by atoms with Crippen LogP contribution in [-0.2, 0) is 21.2 Å². The topological polar surface area (TPSA) is 107 Å². The SMILES string of the molecule is CS(=O)(=O)Nc1cccc(C2NC(=O)Cc3ccccc32)c1.O. The van der Waals surface area contributed by atoms with Crippen LogP contribution in [0.4, 0.5) is 5.69 Å². The summed E-state index contributed by atoms with van der Waals surface area (Å²) in [5.41, 5.74) is 3.36. The highest BCUT2D eigenvalue weighted by molar-refractivity contribution is 7.92. The van der Waals surface area contributed by atoms with Gasteiger partial charge in [-0.25, -0.2) is 8.42 Å². The smallest absolute Gasteiger partial charge is 0.229 e. The van der Waals surface area contributed by atoms with Gasteiger partial charge >= 0.3 is 0 Å². The van der Waals surface area contributed by atoms with Gasteiger partial charge in [0.1, 0.15) is 0 Å². The number of nitrogens with one attached hydrogen (secondary N) is 2. The van der Waals surface area contributed by atoms with Gasteiger partial charge in [-0.1, -0.05) is 36.4 Å². The molecule has 7 heteroatoms. The molecule has 0 aromatic heterocycles. The fraction of sp³-hybridized carbons (Fsp3) is 0.188. The maximum absolute atomic E-state index is 11.9. The van der Waals surface area contributed by atoms with Crippen molar-refractivity contribution >= 4 is 21.6 Å². The van der Waals surface area contributed by atoms with Gasteiger partial charge in [0, 0.05) is 5.69 Å². The number of sulfonamides is 1. The zero-order valence-electron chi connectivity index (χ0n) is 12.5. The zero-order chi connectivity index (χ0) is 15.7. The second-order valence-electron chi connectivity index (χ2n) is 5.38. The molecule has 23 heavy (non-hydrogen) atoms. The van der Waals surface area contributed by atoms with Crippen molar-refractivity contribution in [2.45, 2.75) is 12.5 Å². The van der Waals surface area contributed by atoms with Gasteiger partial charge in [-0.15, -0.1) is 0 Å². The number of carbonyl (C=O) groups excluding carboxylic acids is 1. The minimum absolute atomic E-state index is 0. The molecule has 0 fully saturated rings. The van der Waals surface area contributed by atoms with Gasteiger partial charge < -0.3 is 10.8 Å². The van der Waals surface area contributed by atoms with Crippen LogP contribution in [0.15, 0.2) is 48.5 Å². The first-order valence-corrected chi connectivity index (χ1v) is 8.76. The number of fused-ring (bicyclic) bond motifs is 1. The summed E-state index contributed by atoms with van der Waals surface area (Å²) in [6.07, 6.45) is 1.48. The number of rotatable bonds is 3. The lowest BCUT2D eigenvalue weighted by atomic mass is 9.89. The van der Waals surface area contributed by atoms with Crippen LogP contribution in [0.1, 0.15) is 22.7 Å². The van der Waals surface area contributed by atoms with Gasteiger partial charge in [0.05, 0.1) is 18.7 Å². The summed E-state index contributed by atoms with van der Waals surface area (Å²) in [6, 6.07) is 14.6. The molecule has 3 rings (SSSR count). The lowest BCUT2D eigenvalue weighted by Gasteiger charge is -2.27. The average Bonchev–Trinajstić information content (AvgIpc) is 2.45. The number of hydrogen-bond acceptors (Lipinski definition) is 3. The molecule has 0 radical (unpaired) electrons. The lowest BCUT2D eigenvalue weighted by molar-refractivity contribution is -0.121. The van der Waals surface area contributed by atoms with Crippen LogP contribution in [0.5, 0.6) is 0 Å². The first-order valence-electron chi connectivity index (χ1n) is 6.87. The van der Waals surface area contributed by atoms with E-state index in [1.54, 1.807) is 18.2 Å². The van der Waals surface area contributed by atoms with Crippen LogP contribution < -0.4 is 10.0 Å². The molecule has 1 amide bonds. The highest BCUT2D eigenvalue weighted by Crippen LogP contribution is 2.30. The van der Waals surface area contributed by atoms with E-state index in [1.807, 2.05) is 30.3 Å². The van der Waals surface area contributed by atoms with Crippen molar-refractivity contribution in [1.29, 1.82) is 0 Å². The van der Waals surface area contributed by atoms with E-state index in [0.29, 0.717) is 12.1 Å². The highest BCUT2D eigenvalue weighted by atomic mass is 32.2. The van der Waals surface area contributed by atoms with E-state index in [9.17, 15) is 13.2 Å². The summed E-state index contributed by atoms with van der Waals surface area (Å²) < 4.78 is 25.2. The van der Waals surface area contributed by atoms with E-state index in [0.717, 1.165) is 22.9 Å². The summed E-state index contributed by atoms with van der Waals surface area (Å²) in [6.45, 7) is 0. The first-order chi connectivity index (χ1) is 10.4. The minimum Gasteiger partial charge on any atom is -0.412 e. The predicted octanol–water partition coefficient (Wildman–Crippen LogP) is 0.995. The Morgan fingerprint density at radius 2 is 1.87 bits per heavy atom. The third kappa shape index (κ3) is 3.88. The van der Waals surface area contributed by atoms with Crippen molar-refractivity contribution in [3.05, 3.63) is 65.2 Å². The molecular formula is C16H18N2O4S. The molecule has 4 N–H and O–H groups in total. The van der Waals surface area contributed by atoms with E-state index in [1.165, 1.54) is 0 Å². The van der Waals surface area contributed by atoms with E-state index in [-0.39, 0.29) is 17.4 Å². The summed E-state index contributed by atoms with van der Waals surface area (Å²) in [4.78, 5) is 11.9. The van der Waals surface area contributed by atoms with Crippen LogP contribution >= 0.6 is 0 Å². The highest BCUT2D eigenvalue weighted by Gasteiger charge is 2.25. The second kappa shape index (κ2) is 6.39. The number of carbonyl (C=O) groups is 1. The van der Waals surface area contributed by atoms with Crippen LogP contribution in [0.3, 0.4) is 0 Å². The van der Waals surface area contributed by atoms with Gasteiger partial charge in [-0.05, 0) is 28.8 Å². The Labute approximate surface area is 134 Å². The molecule has 0 bridgehead atoms. The van der Waals surface area contributed by atoms with Crippen molar-refractivity contribution in [2.75, 3.05) is 11.0 Å². The molecule has 1 aliphatic rings. The number of hydrogen-bond donors (Lipinski definition) is 2. The Balaban J connectivity index is 0.00000192. The molecule has 1 unspecified atom stereocenters. The normalized spacial score (nSPS) is 16.7. The fourth-order valence-corrected chi connectivity index (χ4v) is 3.25. The molecule has 6 nitrogen and oxygen atoms in total. The average molecular weight is 334 g/mol. The van der Waals surface area contributed by atoms with Gasteiger partial charge in [0.2, 0.25) is 15.9 Å². The predicted molar refractivity (Wildman–Crippen MR) is 88.7 cm³/mol. The number of anilines is 1. The molecule has 0 aliphatic carbocycles. The largest absolute Gasteiger partial charge is 0.412 e. The molecule has 1 heterocycles. The van der Waals surface area contributed by atoms with Crippen molar-refractivity contribution in [1.82, 2.24) is 5.32 Å². The van der Waals surface area contributed by atoms with Gasteiger partial charge in [-0.3, -0.25) is 9.52 Å². The second-order valence-corrected chi connectivity index (χ2v) is 7.12. The maximum atomic E-state index is 11.9. The first kappa shape index (κ1) is 17.0. The Morgan fingerprint density at radius 3 is 2.61 bits per heavy atom. The molecule has 1 aliphatic heterocycles. The van der Waals surface area contributed by atoms with Crippen LogP contribution in [0, 0.1) is 0 Å². The Bertz CT molecular complexity index is 833. The van der Waals surface area contributed by atoms with Crippen molar-refractivity contribution in [2.24, 2.45) is 0 Å². The Hall–Kier alpha value is -2.38. The van der Waals surface area contributed by atoms with Crippen molar-refractivity contribution < 1.29 is 18.7 Å². The van der Waals surface area contributed by atoms with Crippen molar-refractivity contribution in [3.63, 3.8) is 0 Å². The summed E-state index contributed by atoms with van der Waals surface area (Å²) in [5, 5.41) is 2.96. The molecule has 2 aromatic rings. The Kier molecular flexibility index (Phi) is 4.72. The number of amides is 1. The van der Waals surface area contributed by atoms with Crippen LogP contribution in [0.2, 0.25) is 0 Å². The van der Waals surface area contributed by atoms with Gasteiger partial charge in [0.25, 0.3) is 0 Å². The van der Waals surface area contributed by atoms with E-state index < -0.39 is 10.0 Å².